The molecule has 2 unspecified atom stereocenters. The van der Waals surface area contributed by atoms with Crippen LogP contribution in [0.4, 0.5) is 0 Å². The number of rotatable bonds is 2. The molecule has 0 aromatic rings. The molecule has 1 aliphatic carbocycles. The first-order valence-electron chi connectivity index (χ1n) is 3.47. The number of allylic oxidation sites excluding steroid dienone is 2. The maximum absolute atomic E-state index is 10.8. The third-order valence-corrected chi connectivity index (χ3v) is 2.27. The molecule has 0 heterocycles. The van der Waals surface area contributed by atoms with Crippen LogP contribution in [0.25, 0.3) is 0 Å². The van der Waals surface area contributed by atoms with Crippen LogP contribution in [0.15, 0.2) is 24.3 Å². The number of nitrogens with zero attached hydrogens (tertiary/aromatic N) is 1. The summed E-state index contributed by atoms with van der Waals surface area (Å²) in [5, 5.41) is 10.6. The van der Waals surface area contributed by atoms with Crippen molar-refractivity contribution in [1.82, 2.24) is 0 Å². The van der Waals surface area contributed by atoms with E-state index in [9.17, 15) is 14.9 Å². The Morgan fingerprint density at radius 2 is 2.23 bits per heavy atom. The molecule has 2 atom stereocenters. The van der Waals surface area contributed by atoms with Gasteiger partial charge in [0.25, 0.3) is 0 Å². The van der Waals surface area contributed by atoms with Gasteiger partial charge in [0.15, 0.2) is 0 Å². The quantitative estimate of drug-likeness (QED) is 0.305. The summed E-state index contributed by atoms with van der Waals surface area (Å²) < 4.78 is 0. The summed E-state index contributed by atoms with van der Waals surface area (Å²) in [5.74, 6) is -1.92. The second-order valence-corrected chi connectivity index (χ2v) is 3.21. The zero-order chi connectivity index (χ0) is 10.1. The fourth-order valence-corrected chi connectivity index (χ4v) is 1.33. The maximum atomic E-state index is 10.8. The predicted octanol–water partition coefficient (Wildman–Crippen LogP) is 0.426. The van der Waals surface area contributed by atoms with Gasteiger partial charge in [0.05, 0.1) is 0 Å². The molecule has 70 valence electrons. The minimum absolute atomic E-state index is 0.732. The molecule has 0 fully saturated rings. The summed E-state index contributed by atoms with van der Waals surface area (Å²) in [6, 6.07) is 0. The highest BCUT2D eigenvalue weighted by Gasteiger charge is 2.49. The van der Waals surface area contributed by atoms with Gasteiger partial charge in [-0.15, -0.1) is 0 Å². The second kappa shape index (κ2) is 3.18. The van der Waals surface area contributed by atoms with E-state index >= 15 is 0 Å². The molecule has 1 aliphatic rings. The van der Waals surface area contributed by atoms with E-state index in [0.29, 0.717) is 0 Å². The van der Waals surface area contributed by atoms with Gasteiger partial charge in [-0.25, -0.2) is 0 Å². The van der Waals surface area contributed by atoms with E-state index in [0.717, 1.165) is 6.08 Å². The fraction of sp³-hybridized carbons (Fsp3) is 0.286. The van der Waals surface area contributed by atoms with Crippen molar-refractivity contribution in [2.75, 3.05) is 0 Å². The van der Waals surface area contributed by atoms with E-state index in [-0.39, 0.29) is 0 Å². The number of alkyl halides is 1. The molecule has 1 rings (SSSR count). The zero-order valence-electron chi connectivity index (χ0n) is 6.51. The first-order chi connectivity index (χ1) is 5.98. The van der Waals surface area contributed by atoms with Gasteiger partial charge in [0.2, 0.25) is 5.91 Å². The highest BCUT2D eigenvalue weighted by atomic mass is 35.5. The minimum atomic E-state index is -1.93. The molecule has 6 heteroatoms. The summed E-state index contributed by atoms with van der Waals surface area (Å²) in [5.41, 5.74) is 4.97. The van der Waals surface area contributed by atoms with E-state index in [1.807, 2.05) is 0 Å². The SMILES string of the molecule is NC(=O)C1C=CC=CC1(Cl)[N+](=O)[O-]. The van der Waals surface area contributed by atoms with Crippen LogP contribution in [0, 0.1) is 16.0 Å². The smallest absolute Gasteiger partial charge is 0.328 e. The summed E-state index contributed by atoms with van der Waals surface area (Å²) >= 11 is 5.63. The normalized spacial score (nSPS) is 31.6. The van der Waals surface area contributed by atoms with Crippen LogP contribution >= 0.6 is 11.6 Å². The van der Waals surface area contributed by atoms with E-state index in [4.69, 9.17) is 17.3 Å². The second-order valence-electron chi connectivity index (χ2n) is 2.61. The largest absolute Gasteiger partial charge is 0.369 e. The fourth-order valence-electron chi connectivity index (χ4n) is 1.07. The highest BCUT2D eigenvalue weighted by molar-refractivity contribution is 6.25. The molecule has 13 heavy (non-hydrogen) atoms. The number of hydrogen-bond donors (Lipinski definition) is 1. The van der Waals surface area contributed by atoms with Crippen molar-refractivity contribution in [1.29, 1.82) is 0 Å². The molecule has 0 aromatic carbocycles. The van der Waals surface area contributed by atoms with Crippen LogP contribution in [0.5, 0.6) is 0 Å². The molecule has 0 aliphatic heterocycles. The minimum Gasteiger partial charge on any atom is -0.369 e. The Morgan fingerprint density at radius 1 is 1.62 bits per heavy atom. The van der Waals surface area contributed by atoms with Gasteiger partial charge < -0.3 is 5.73 Å². The molecule has 0 bridgehead atoms. The molecule has 0 radical (unpaired) electrons. The number of primary amides is 1. The third kappa shape index (κ3) is 1.55. The van der Waals surface area contributed by atoms with Crippen LogP contribution in [-0.2, 0) is 4.79 Å². The number of nitro groups is 1. The average Bonchev–Trinajstić information content (AvgIpc) is 2.04. The van der Waals surface area contributed by atoms with Crippen molar-refractivity contribution in [2.45, 2.75) is 5.00 Å². The Morgan fingerprint density at radius 3 is 2.62 bits per heavy atom. The maximum Gasteiger partial charge on any atom is 0.328 e. The summed E-state index contributed by atoms with van der Waals surface area (Å²) in [7, 11) is 0. The molecular formula is C7H7ClN2O3. The molecule has 0 aromatic heterocycles. The summed E-state index contributed by atoms with van der Waals surface area (Å²) in [4.78, 5) is 18.7. The van der Waals surface area contributed by atoms with Crippen LogP contribution < -0.4 is 5.73 Å². The van der Waals surface area contributed by atoms with Crippen molar-refractivity contribution in [3.05, 3.63) is 34.4 Å². The van der Waals surface area contributed by atoms with Crippen molar-refractivity contribution >= 4 is 17.5 Å². The molecule has 0 spiro atoms. The van der Waals surface area contributed by atoms with Crippen molar-refractivity contribution < 1.29 is 9.72 Å². The number of hydrogen-bond acceptors (Lipinski definition) is 3. The number of carbonyl (C=O) groups is 1. The number of halogens is 1. The Kier molecular flexibility index (Phi) is 2.38. The molecule has 0 saturated heterocycles. The Labute approximate surface area is 79.0 Å². The Hall–Kier alpha value is -1.36. The molecule has 1 amide bonds. The van der Waals surface area contributed by atoms with Gasteiger partial charge >= 0.3 is 5.00 Å². The topological polar surface area (TPSA) is 86.2 Å². The molecule has 0 saturated carbocycles. The monoisotopic (exact) mass is 202 g/mol. The van der Waals surface area contributed by atoms with E-state index in [1.54, 1.807) is 0 Å². The van der Waals surface area contributed by atoms with Gasteiger partial charge in [0, 0.05) is 11.0 Å². The van der Waals surface area contributed by atoms with Crippen LogP contribution in [-0.4, -0.2) is 15.8 Å². The lowest BCUT2D eigenvalue weighted by molar-refractivity contribution is -0.532. The van der Waals surface area contributed by atoms with Crippen molar-refractivity contribution in [2.24, 2.45) is 11.7 Å². The van der Waals surface area contributed by atoms with E-state index in [1.165, 1.54) is 18.2 Å². The number of amides is 1. The zero-order valence-corrected chi connectivity index (χ0v) is 7.27. The Bertz CT molecular complexity index is 313. The lowest BCUT2D eigenvalue weighted by atomic mass is 9.94. The summed E-state index contributed by atoms with van der Waals surface area (Å²) in [6.45, 7) is 0. The van der Waals surface area contributed by atoms with Crippen molar-refractivity contribution in [3.8, 4) is 0 Å². The van der Waals surface area contributed by atoms with Crippen molar-refractivity contribution in [3.63, 3.8) is 0 Å². The van der Waals surface area contributed by atoms with Crippen LogP contribution in [0.3, 0.4) is 0 Å². The van der Waals surface area contributed by atoms with Gasteiger partial charge in [0.1, 0.15) is 5.92 Å². The standard InChI is InChI=1S/C7H7ClN2O3/c8-7(10(12)13)4-2-1-3-5(7)6(9)11/h1-5H,(H2,9,11). The number of nitrogens with two attached hydrogens (primary N) is 1. The lowest BCUT2D eigenvalue weighted by Crippen LogP contribution is -2.45. The van der Waals surface area contributed by atoms with Gasteiger partial charge in [-0.3, -0.25) is 14.9 Å². The third-order valence-electron chi connectivity index (χ3n) is 1.77. The number of carbonyl (C=O) groups excluding carboxylic acids is 1. The highest BCUT2D eigenvalue weighted by Crippen LogP contribution is 2.31. The molecule has 2 N–H and O–H groups in total. The summed E-state index contributed by atoms with van der Waals surface area (Å²) in [6.07, 6.45) is 5.37. The van der Waals surface area contributed by atoms with E-state index < -0.39 is 21.7 Å². The van der Waals surface area contributed by atoms with Gasteiger partial charge in [-0.1, -0.05) is 18.2 Å². The van der Waals surface area contributed by atoms with Gasteiger partial charge in [-0.2, -0.15) is 0 Å². The first-order valence-corrected chi connectivity index (χ1v) is 3.85. The predicted molar refractivity (Wildman–Crippen MR) is 46.5 cm³/mol. The van der Waals surface area contributed by atoms with Gasteiger partial charge in [-0.05, 0) is 11.6 Å². The Balaban J connectivity index is 3.07. The molecule has 5 nitrogen and oxygen atoms in total. The van der Waals surface area contributed by atoms with E-state index in [2.05, 4.69) is 0 Å². The van der Waals surface area contributed by atoms with Crippen LogP contribution in [0.1, 0.15) is 0 Å². The first kappa shape index (κ1) is 9.73. The lowest BCUT2D eigenvalue weighted by Gasteiger charge is -2.21. The average molecular weight is 203 g/mol. The molecular weight excluding hydrogens is 196 g/mol. The van der Waals surface area contributed by atoms with Crippen LogP contribution in [0.2, 0.25) is 0 Å².